The summed E-state index contributed by atoms with van der Waals surface area (Å²) >= 11 is 6.06. The van der Waals surface area contributed by atoms with Crippen LogP contribution in [0.15, 0.2) is 54.7 Å². The molecule has 26 heavy (non-hydrogen) atoms. The molecule has 0 radical (unpaired) electrons. The van der Waals surface area contributed by atoms with Crippen molar-refractivity contribution in [2.75, 3.05) is 10.6 Å². The molecule has 0 amide bonds. The van der Waals surface area contributed by atoms with Crippen molar-refractivity contribution in [2.45, 2.75) is 32.9 Å². The number of nitrogens with zero attached hydrogens (tertiary/aromatic N) is 3. The highest BCUT2D eigenvalue weighted by molar-refractivity contribution is 6.30. The van der Waals surface area contributed by atoms with Crippen molar-refractivity contribution in [1.82, 2.24) is 15.0 Å². The molecule has 2 N–H and O–H groups in total. The second kappa shape index (κ2) is 7.70. The molecule has 0 bridgehead atoms. The first-order valence-electron chi connectivity index (χ1n) is 8.46. The molecule has 3 aromatic rings. The van der Waals surface area contributed by atoms with E-state index in [1.807, 2.05) is 48.5 Å². The summed E-state index contributed by atoms with van der Waals surface area (Å²) in [5.41, 5.74) is 2.51. The summed E-state index contributed by atoms with van der Waals surface area (Å²) in [5.74, 6) is 1.29. The van der Waals surface area contributed by atoms with Crippen LogP contribution in [0.5, 0.6) is 0 Å². The van der Waals surface area contributed by atoms with Gasteiger partial charge in [0, 0.05) is 29.4 Å². The lowest BCUT2D eigenvalue weighted by molar-refractivity contribution is 0.626. The van der Waals surface area contributed by atoms with Crippen LogP contribution in [0.3, 0.4) is 0 Å². The fourth-order valence-corrected chi connectivity index (χ4v) is 2.63. The molecule has 2 heterocycles. The van der Waals surface area contributed by atoms with Crippen LogP contribution in [0, 0.1) is 0 Å². The van der Waals surface area contributed by atoms with E-state index in [2.05, 4.69) is 46.4 Å². The van der Waals surface area contributed by atoms with Crippen LogP contribution in [-0.2, 0) is 6.54 Å². The Labute approximate surface area is 158 Å². The molecule has 0 atom stereocenters. The number of hydrogen-bond donors (Lipinski definition) is 2. The topological polar surface area (TPSA) is 62.7 Å². The van der Waals surface area contributed by atoms with Gasteiger partial charge in [-0.05, 0) is 50.6 Å². The number of nitrogens with one attached hydrogen (secondary N) is 2. The van der Waals surface area contributed by atoms with E-state index in [-0.39, 0.29) is 5.54 Å². The molecule has 5 nitrogen and oxygen atoms in total. The number of benzene rings is 1. The Hall–Kier alpha value is -2.66. The number of aromatic nitrogens is 3. The van der Waals surface area contributed by atoms with Gasteiger partial charge in [-0.15, -0.1) is 0 Å². The first-order valence-corrected chi connectivity index (χ1v) is 8.84. The quantitative estimate of drug-likeness (QED) is 0.663. The maximum absolute atomic E-state index is 6.06. The average Bonchev–Trinajstić information content (AvgIpc) is 2.59. The van der Waals surface area contributed by atoms with Crippen molar-refractivity contribution < 1.29 is 0 Å². The van der Waals surface area contributed by atoms with E-state index in [9.17, 15) is 0 Å². The second-order valence-corrected chi connectivity index (χ2v) is 7.47. The zero-order valence-corrected chi connectivity index (χ0v) is 15.9. The van der Waals surface area contributed by atoms with Gasteiger partial charge >= 0.3 is 0 Å². The summed E-state index contributed by atoms with van der Waals surface area (Å²) in [7, 11) is 0. The van der Waals surface area contributed by atoms with Gasteiger partial charge in [0.1, 0.15) is 5.82 Å². The molecule has 2 aromatic heterocycles. The normalized spacial score (nSPS) is 11.2. The van der Waals surface area contributed by atoms with Crippen LogP contribution in [-0.4, -0.2) is 20.5 Å². The lowest BCUT2D eigenvalue weighted by atomic mass is 10.1. The monoisotopic (exact) mass is 367 g/mol. The van der Waals surface area contributed by atoms with Crippen molar-refractivity contribution in [3.05, 3.63) is 65.3 Å². The molecule has 0 saturated heterocycles. The maximum atomic E-state index is 6.06. The average molecular weight is 368 g/mol. The molecule has 0 fully saturated rings. The summed E-state index contributed by atoms with van der Waals surface area (Å²) in [5, 5.41) is 7.39. The van der Waals surface area contributed by atoms with Gasteiger partial charge in [-0.2, -0.15) is 4.98 Å². The molecule has 0 unspecified atom stereocenters. The van der Waals surface area contributed by atoms with E-state index < -0.39 is 0 Å². The minimum Gasteiger partial charge on any atom is -0.366 e. The third kappa shape index (κ3) is 5.17. The van der Waals surface area contributed by atoms with E-state index >= 15 is 0 Å². The fraction of sp³-hybridized carbons (Fsp3) is 0.250. The smallest absolute Gasteiger partial charge is 0.225 e. The zero-order valence-electron chi connectivity index (χ0n) is 15.1. The van der Waals surface area contributed by atoms with E-state index in [0.717, 1.165) is 27.8 Å². The minimum absolute atomic E-state index is 0.146. The van der Waals surface area contributed by atoms with Gasteiger partial charge < -0.3 is 10.6 Å². The van der Waals surface area contributed by atoms with E-state index in [1.165, 1.54) is 0 Å². The Kier molecular flexibility index (Phi) is 5.38. The number of pyridine rings is 1. The Bertz CT molecular complexity index is 875. The zero-order chi connectivity index (χ0) is 18.6. The minimum atomic E-state index is -0.146. The molecule has 3 rings (SSSR count). The Morgan fingerprint density at radius 1 is 0.962 bits per heavy atom. The Balaban J connectivity index is 1.89. The summed E-state index contributed by atoms with van der Waals surface area (Å²) in [6.07, 6.45) is 1.76. The molecular weight excluding hydrogens is 346 g/mol. The molecule has 134 valence electrons. The molecule has 1 aromatic carbocycles. The van der Waals surface area contributed by atoms with Gasteiger partial charge in [-0.1, -0.05) is 29.8 Å². The molecule has 6 heteroatoms. The Morgan fingerprint density at radius 3 is 2.50 bits per heavy atom. The lowest BCUT2D eigenvalue weighted by Gasteiger charge is -2.21. The van der Waals surface area contributed by atoms with Gasteiger partial charge in [0.25, 0.3) is 0 Å². The van der Waals surface area contributed by atoms with Gasteiger partial charge in [-0.3, -0.25) is 4.98 Å². The maximum Gasteiger partial charge on any atom is 0.225 e. The highest BCUT2D eigenvalue weighted by Gasteiger charge is 2.14. The van der Waals surface area contributed by atoms with Crippen molar-refractivity contribution >= 4 is 23.4 Å². The highest BCUT2D eigenvalue weighted by Crippen LogP contribution is 2.22. The first-order chi connectivity index (χ1) is 12.4. The third-order valence-electron chi connectivity index (χ3n) is 3.50. The number of hydrogen-bond acceptors (Lipinski definition) is 5. The van der Waals surface area contributed by atoms with Gasteiger partial charge in [0.15, 0.2) is 0 Å². The lowest BCUT2D eigenvalue weighted by Crippen LogP contribution is -2.27. The SMILES string of the molecule is CC(C)(C)Nc1nc(NCc2cccc(Cl)c2)cc(-c2ccccn2)n1. The number of rotatable bonds is 5. The predicted octanol–water partition coefficient (Wildman–Crippen LogP) is 5.01. The summed E-state index contributed by atoms with van der Waals surface area (Å²) < 4.78 is 0. The molecule has 0 spiro atoms. The largest absolute Gasteiger partial charge is 0.366 e. The summed E-state index contributed by atoms with van der Waals surface area (Å²) in [6.45, 7) is 6.84. The van der Waals surface area contributed by atoms with Crippen LogP contribution in [0.4, 0.5) is 11.8 Å². The highest BCUT2D eigenvalue weighted by atomic mass is 35.5. The van der Waals surface area contributed by atoms with Crippen molar-refractivity contribution in [3.63, 3.8) is 0 Å². The van der Waals surface area contributed by atoms with Crippen LogP contribution in [0.2, 0.25) is 5.02 Å². The number of anilines is 2. The van der Waals surface area contributed by atoms with Crippen molar-refractivity contribution in [2.24, 2.45) is 0 Å². The molecule has 0 aliphatic carbocycles. The van der Waals surface area contributed by atoms with Gasteiger partial charge in [-0.25, -0.2) is 4.98 Å². The van der Waals surface area contributed by atoms with Gasteiger partial charge in [0.2, 0.25) is 5.95 Å². The van der Waals surface area contributed by atoms with Crippen molar-refractivity contribution in [1.29, 1.82) is 0 Å². The van der Waals surface area contributed by atoms with Crippen LogP contribution >= 0.6 is 11.6 Å². The Morgan fingerprint density at radius 2 is 1.81 bits per heavy atom. The molecule has 0 saturated carbocycles. The first kappa shape index (κ1) is 18.1. The summed E-state index contributed by atoms with van der Waals surface area (Å²) in [6, 6.07) is 15.4. The molecule has 0 aliphatic rings. The van der Waals surface area contributed by atoms with Crippen LogP contribution in [0.1, 0.15) is 26.3 Å². The van der Waals surface area contributed by atoms with E-state index in [0.29, 0.717) is 12.5 Å². The standard InChI is InChI=1S/C20H22ClN5/c1-20(2,3)26-19-24-17(16-9-4-5-10-22-16)12-18(25-19)23-13-14-7-6-8-15(21)11-14/h4-12H,13H2,1-3H3,(H2,23,24,25,26). The fourth-order valence-electron chi connectivity index (χ4n) is 2.41. The predicted molar refractivity (Wildman–Crippen MR) is 107 cm³/mol. The number of halogens is 1. The third-order valence-corrected chi connectivity index (χ3v) is 3.74. The van der Waals surface area contributed by atoms with E-state index in [1.54, 1.807) is 6.20 Å². The van der Waals surface area contributed by atoms with E-state index in [4.69, 9.17) is 11.6 Å². The van der Waals surface area contributed by atoms with Gasteiger partial charge in [0.05, 0.1) is 11.4 Å². The molecule has 0 aliphatic heterocycles. The van der Waals surface area contributed by atoms with Crippen LogP contribution < -0.4 is 10.6 Å². The molecular formula is C20H22ClN5. The second-order valence-electron chi connectivity index (χ2n) is 7.04. The van der Waals surface area contributed by atoms with Crippen molar-refractivity contribution in [3.8, 4) is 11.4 Å². The summed E-state index contributed by atoms with van der Waals surface area (Å²) in [4.78, 5) is 13.6. The van der Waals surface area contributed by atoms with Crippen LogP contribution in [0.25, 0.3) is 11.4 Å².